The van der Waals surface area contributed by atoms with E-state index in [2.05, 4.69) is 42.5 Å². The number of allylic oxidation sites excluding steroid dienone is 1. The van der Waals surface area contributed by atoms with Gasteiger partial charge in [-0.1, -0.05) is 12.1 Å². The highest BCUT2D eigenvalue weighted by molar-refractivity contribution is 9.11. The number of halogens is 2. The maximum Gasteiger partial charge on any atom is 0.272 e. The van der Waals surface area contributed by atoms with Gasteiger partial charge in [-0.2, -0.15) is 0 Å². The highest BCUT2D eigenvalue weighted by atomic mass is 79.9. The van der Waals surface area contributed by atoms with Gasteiger partial charge in [0.15, 0.2) is 5.78 Å². The van der Waals surface area contributed by atoms with Crippen molar-refractivity contribution >= 4 is 54.9 Å². The Balaban J connectivity index is 1.93. The van der Waals surface area contributed by atoms with Crippen molar-refractivity contribution in [1.82, 2.24) is 0 Å². The van der Waals surface area contributed by atoms with Crippen molar-refractivity contribution < 1.29 is 14.7 Å². The molecular weight excluding hydrogens is 428 g/mol. The molecule has 0 unspecified atom stereocenters. The molecule has 3 N–H and O–H groups in total. The minimum Gasteiger partial charge on any atom is -0.506 e. The van der Waals surface area contributed by atoms with Crippen LogP contribution in [0.15, 0.2) is 57.1 Å². The van der Waals surface area contributed by atoms with E-state index in [1.807, 2.05) is 12.1 Å². The predicted molar refractivity (Wildman–Crippen MR) is 94.6 cm³/mol. The summed E-state index contributed by atoms with van der Waals surface area (Å²) in [5.41, 5.74) is 1.88. The molecule has 2 aromatic carbocycles. The molecule has 2 aromatic rings. The van der Waals surface area contributed by atoms with Crippen LogP contribution in [0.25, 0.3) is 0 Å². The van der Waals surface area contributed by atoms with E-state index < -0.39 is 0 Å². The molecule has 0 bridgehead atoms. The van der Waals surface area contributed by atoms with Crippen LogP contribution in [-0.4, -0.2) is 16.8 Å². The topological polar surface area (TPSA) is 78.4 Å². The first-order valence-electron chi connectivity index (χ1n) is 6.57. The summed E-state index contributed by atoms with van der Waals surface area (Å²) in [6.45, 7) is 0. The normalized spacial score (nSPS) is 14.9. The van der Waals surface area contributed by atoms with Gasteiger partial charge >= 0.3 is 0 Å². The van der Waals surface area contributed by atoms with Crippen LogP contribution < -0.4 is 10.6 Å². The number of carbonyl (C=O) groups excluding carboxylic acids is 2. The summed E-state index contributed by atoms with van der Waals surface area (Å²) in [6, 6.07) is 10.2. The van der Waals surface area contributed by atoms with Crippen LogP contribution in [0.1, 0.15) is 10.4 Å². The van der Waals surface area contributed by atoms with Crippen molar-refractivity contribution in [3.05, 3.63) is 62.7 Å². The summed E-state index contributed by atoms with van der Waals surface area (Å²) in [4.78, 5) is 24.4. The van der Waals surface area contributed by atoms with Crippen molar-refractivity contribution in [3.8, 4) is 5.75 Å². The molecule has 7 heteroatoms. The molecule has 0 saturated heterocycles. The second kappa shape index (κ2) is 6.17. The summed E-state index contributed by atoms with van der Waals surface area (Å²) in [5, 5.41) is 15.3. The fourth-order valence-electron chi connectivity index (χ4n) is 2.12. The van der Waals surface area contributed by atoms with Gasteiger partial charge in [0.25, 0.3) is 5.91 Å². The maximum atomic E-state index is 12.4. The fraction of sp³-hybridized carbons (Fsp3) is 0. The fourth-order valence-corrected chi connectivity index (χ4v) is 3.30. The number of amides is 1. The molecule has 0 saturated carbocycles. The third kappa shape index (κ3) is 3.16. The number of phenolic OH excluding ortho intramolecular Hbond substituents is 1. The molecule has 1 amide bonds. The van der Waals surface area contributed by atoms with Crippen LogP contribution in [0, 0.1) is 0 Å². The van der Waals surface area contributed by atoms with Gasteiger partial charge in [0.1, 0.15) is 11.4 Å². The number of benzene rings is 2. The molecule has 3 rings (SSSR count). The van der Waals surface area contributed by atoms with Crippen molar-refractivity contribution in [2.24, 2.45) is 0 Å². The molecule has 0 radical (unpaired) electrons. The second-order valence-electron chi connectivity index (χ2n) is 4.84. The van der Waals surface area contributed by atoms with Crippen molar-refractivity contribution in [1.29, 1.82) is 0 Å². The van der Waals surface area contributed by atoms with Gasteiger partial charge in [0.2, 0.25) is 0 Å². The Bertz CT molecular complexity index is 839. The average Bonchev–Trinajstić information content (AvgIpc) is 2.52. The molecular formula is C16H10Br2N2O3. The number of fused-ring (bicyclic) bond motifs is 1. The molecule has 0 fully saturated rings. The minimum atomic E-state index is -0.381. The van der Waals surface area contributed by atoms with E-state index in [1.165, 1.54) is 18.2 Å². The Morgan fingerprint density at radius 2 is 1.61 bits per heavy atom. The number of hydrogen-bond donors (Lipinski definition) is 3. The number of rotatable bonds is 2. The lowest BCUT2D eigenvalue weighted by atomic mass is 10.1. The first-order chi connectivity index (χ1) is 11.0. The summed E-state index contributed by atoms with van der Waals surface area (Å²) < 4.78 is 0.778. The quantitative estimate of drug-likeness (QED) is 0.489. The van der Waals surface area contributed by atoms with Crippen LogP contribution in [0.2, 0.25) is 0 Å². The van der Waals surface area contributed by atoms with Crippen LogP contribution in [-0.2, 0) is 4.79 Å². The first-order valence-corrected chi connectivity index (χ1v) is 8.16. The third-order valence-corrected chi connectivity index (χ3v) is 4.48. The molecule has 1 aliphatic heterocycles. The molecule has 0 atom stereocenters. The Morgan fingerprint density at radius 3 is 2.22 bits per heavy atom. The molecule has 116 valence electrons. The third-order valence-electron chi connectivity index (χ3n) is 3.27. The molecule has 0 aliphatic carbocycles. The predicted octanol–water partition coefficient (Wildman–Crippen LogP) is 4.05. The van der Waals surface area contributed by atoms with Crippen LogP contribution >= 0.6 is 31.9 Å². The standard InChI is InChI=1S/C16H10Br2N2O3/c17-9-5-8(6-10(18)15(9)22)14(21)7-13-16(23)20-12-4-2-1-3-11(12)19-13/h1-7,19,22H,(H,20,23). The number of hydrogen-bond acceptors (Lipinski definition) is 4. The summed E-state index contributed by atoms with van der Waals surface area (Å²) in [6.07, 6.45) is 1.23. The van der Waals surface area contributed by atoms with Crippen molar-refractivity contribution in [2.75, 3.05) is 10.6 Å². The highest BCUT2D eigenvalue weighted by Crippen LogP contribution is 2.34. The van der Waals surface area contributed by atoms with Crippen LogP contribution in [0.4, 0.5) is 11.4 Å². The van der Waals surface area contributed by atoms with Gasteiger partial charge in [-0.3, -0.25) is 9.59 Å². The van der Waals surface area contributed by atoms with E-state index in [4.69, 9.17) is 0 Å². The maximum absolute atomic E-state index is 12.4. The number of anilines is 2. The monoisotopic (exact) mass is 436 g/mol. The molecule has 1 aliphatic rings. The minimum absolute atomic E-state index is 0.0108. The van der Waals surface area contributed by atoms with Crippen LogP contribution in [0.5, 0.6) is 5.75 Å². The zero-order valence-electron chi connectivity index (χ0n) is 11.6. The van der Waals surface area contributed by atoms with E-state index in [0.29, 0.717) is 20.2 Å². The second-order valence-corrected chi connectivity index (χ2v) is 6.54. The van der Waals surface area contributed by atoms with Crippen molar-refractivity contribution in [3.63, 3.8) is 0 Å². The lowest BCUT2D eigenvalue weighted by molar-refractivity contribution is -0.112. The van der Waals surface area contributed by atoms with E-state index >= 15 is 0 Å². The van der Waals surface area contributed by atoms with Gasteiger partial charge in [-0.15, -0.1) is 0 Å². The lowest BCUT2D eigenvalue weighted by Gasteiger charge is -2.20. The van der Waals surface area contributed by atoms with Gasteiger partial charge in [0.05, 0.1) is 20.3 Å². The summed E-state index contributed by atoms with van der Waals surface area (Å²) in [7, 11) is 0. The number of nitrogens with one attached hydrogen (secondary N) is 2. The van der Waals surface area contributed by atoms with E-state index in [-0.39, 0.29) is 23.1 Å². The molecule has 1 heterocycles. The molecule has 0 spiro atoms. The van der Waals surface area contributed by atoms with E-state index in [9.17, 15) is 14.7 Å². The zero-order valence-corrected chi connectivity index (χ0v) is 14.7. The van der Waals surface area contributed by atoms with Gasteiger partial charge in [-0.05, 0) is 56.1 Å². The Morgan fingerprint density at radius 1 is 1.04 bits per heavy atom. The van der Waals surface area contributed by atoms with Crippen molar-refractivity contribution in [2.45, 2.75) is 0 Å². The largest absolute Gasteiger partial charge is 0.506 e. The van der Waals surface area contributed by atoms with Crippen LogP contribution in [0.3, 0.4) is 0 Å². The average molecular weight is 438 g/mol. The molecule has 0 aromatic heterocycles. The SMILES string of the molecule is O=C1Nc2ccccc2NC1=CC(=O)c1cc(Br)c(O)c(Br)c1. The number of para-hydroxylation sites is 2. The number of carbonyl (C=O) groups is 2. The Labute approximate surface area is 148 Å². The Hall–Kier alpha value is -2.12. The summed E-state index contributed by atoms with van der Waals surface area (Å²) in [5.74, 6) is -0.728. The first kappa shape index (κ1) is 15.8. The van der Waals surface area contributed by atoms with E-state index in [0.717, 1.165) is 5.69 Å². The van der Waals surface area contributed by atoms with Gasteiger partial charge in [0, 0.05) is 11.6 Å². The van der Waals surface area contributed by atoms with Gasteiger partial charge < -0.3 is 15.7 Å². The number of phenols is 1. The van der Waals surface area contributed by atoms with E-state index in [1.54, 1.807) is 12.1 Å². The smallest absolute Gasteiger partial charge is 0.272 e. The Kier molecular flexibility index (Phi) is 4.23. The summed E-state index contributed by atoms with van der Waals surface area (Å²) >= 11 is 6.35. The molecule has 5 nitrogen and oxygen atoms in total. The number of aromatic hydroxyl groups is 1. The zero-order chi connectivity index (χ0) is 16.6. The highest BCUT2D eigenvalue weighted by Gasteiger charge is 2.20. The molecule has 23 heavy (non-hydrogen) atoms. The van der Waals surface area contributed by atoms with Gasteiger partial charge in [-0.25, -0.2) is 0 Å². The lowest BCUT2D eigenvalue weighted by Crippen LogP contribution is -2.26. The number of ketones is 1.